The smallest absolute Gasteiger partial charge is 0.188 e. The van der Waals surface area contributed by atoms with E-state index in [4.69, 9.17) is 19.9 Å². The molecule has 0 unspecified atom stereocenters. The molecule has 0 aliphatic carbocycles. The summed E-state index contributed by atoms with van der Waals surface area (Å²) in [7, 11) is 3.25. The molecule has 0 atom stereocenters. The van der Waals surface area contributed by atoms with Crippen molar-refractivity contribution in [3.8, 4) is 17.2 Å². The highest BCUT2D eigenvalue weighted by atomic mass is 16.5. The van der Waals surface area contributed by atoms with Gasteiger partial charge in [0.15, 0.2) is 17.5 Å². The maximum atomic E-state index is 5.89. The Bertz CT molecular complexity index is 732. The lowest BCUT2D eigenvalue weighted by atomic mass is 10.1. The highest BCUT2D eigenvalue weighted by Crippen LogP contribution is 2.27. The number of guanidine groups is 1. The molecule has 2 aromatic rings. The van der Waals surface area contributed by atoms with Gasteiger partial charge in [-0.25, -0.2) is 0 Å². The Kier molecular flexibility index (Phi) is 7.61. The highest BCUT2D eigenvalue weighted by molar-refractivity contribution is 5.77. The molecular weight excluding hydrogens is 330 g/mol. The second-order valence-electron chi connectivity index (χ2n) is 5.75. The molecule has 0 aliphatic heterocycles. The Morgan fingerprint density at radius 1 is 1.04 bits per heavy atom. The van der Waals surface area contributed by atoms with Crippen LogP contribution < -0.4 is 25.3 Å². The van der Waals surface area contributed by atoms with E-state index < -0.39 is 0 Å². The van der Waals surface area contributed by atoms with Crippen molar-refractivity contribution in [3.05, 3.63) is 53.6 Å². The molecule has 0 spiro atoms. The molecule has 0 fully saturated rings. The maximum Gasteiger partial charge on any atom is 0.188 e. The van der Waals surface area contributed by atoms with Gasteiger partial charge in [-0.2, -0.15) is 0 Å². The molecular formula is C20H27N3O3. The molecule has 6 heteroatoms. The number of benzene rings is 2. The first-order valence-corrected chi connectivity index (χ1v) is 8.57. The normalized spacial score (nSPS) is 11.1. The van der Waals surface area contributed by atoms with Crippen LogP contribution in [-0.4, -0.2) is 39.9 Å². The van der Waals surface area contributed by atoms with Gasteiger partial charge in [-0.05, 0) is 42.7 Å². The molecule has 0 saturated heterocycles. The van der Waals surface area contributed by atoms with Crippen LogP contribution in [0.5, 0.6) is 17.2 Å². The Morgan fingerprint density at radius 2 is 1.81 bits per heavy atom. The topological polar surface area (TPSA) is 78.1 Å². The first-order chi connectivity index (χ1) is 12.6. The van der Waals surface area contributed by atoms with Crippen LogP contribution in [0.4, 0.5) is 0 Å². The van der Waals surface area contributed by atoms with Crippen LogP contribution in [0, 0.1) is 6.92 Å². The second-order valence-corrected chi connectivity index (χ2v) is 5.75. The predicted molar refractivity (Wildman–Crippen MR) is 104 cm³/mol. The maximum absolute atomic E-state index is 5.89. The van der Waals surface area contributed by atoms with Gasteiger partial charge in [-0.3, -0.25) is 4.99 Å². The lowest BCUT2D eigenvalue weighted by Gasteiger charge is -2.10. The van der Waals surface area contributed by atoms with Gasteiger partial charge in [0, 0.05) is 6.54 Å². The van der Waals surface area contributed by atoms with E-state index in [-0.39, 0.29) is 0 Å². The minimum absolute atomic E-state index is 0.416. The van der Waals surface area contributed by atoms with Gasteiger partial charge in [0.1, 0.15) is 12.4 Å². The van der Waals surface area contributed by atoms with Crippen molar-refractivity contribution >= 4 is 5.96 Å². The van der Waals surface area contributed by atoms with Crippen molar-refractivity contribution < 1.29 is 14.2 Å². The molecule has 26 heavy (non-hydrogen) atoms. The third-order valence-electron chi connectivity index (χ3n) is 3.89. The van der Waals surface area contributed by atoms with Crippen LogP contribution in [0.2, 0.25) is 0 Å². The summed E-state index contributed by atoms with van der Waals surface area (Å²) >= 11 is 0. The number of nitrogens with one attached hydrogen (secondary N) is 1. The van der Waals surface area contributed by atoms with Crippen LogP contribution >= 0.6 is 0 Å². The fourth-order valence-corrected chi connectivity index (χ4v) is 2.46. The van der Waals surface area contributed by atoms with Crippen molar-refractivity contribution in [2.45, 2.75) is 13.3 Å². The molecule has 3 N–H and O–H groups in total. The van der Waals surface area contributed by atoms with E-state index in [0.29, 0.717) is 31.4 Å². The summed E-state index contributed by atoms with van der Waals surface area (Å²) in [6.45, 7) is 3.73. The molecule has 0 heterocycles. The third kappa shape index (κ3) is 5.88. The number of rotatable bonds is 9. The van der Waals surface area contributed by atoms with Crippen molar-refractivity contribution in [2.24, 2.45) is 10.7 Å². The van der Waals surface area contributed by atoms with E-state index in [9.17, 15) is 0 Å². The van der Waals surface area contributed by atoms with Gasteiger partial charge in [-0.1, -0.05) is 24.3 Å². The molecule has 0 bridgehead atoms. The molecule has 0 saturated carbocycles. The summed E-state index contributed by atoms with van der Waals surface area (Å²) in [5.74, 6) is 2.74. The SMILES string of the molecule is COc1ccc(CCN=C(N)NCCOc2ccccc2C)cc1OC. The summed E-state index contributed by atoms with van der Waals surface area (Å²) < 4.78 is 16.2. The van der Waals surface area contributed by atoms with E-state index in [1.807, 2.05) is 49.4 Å². The van der Waals surface area contributed by atoms with Gasteiger partial charge < -0.3 is 25.3 Å². The molecule has 0 aliphatic rings. The molecule has 0 amide bonds. The summed E-state index contributed by atoms with van der Waals surface area (Å²) in [5.41, 5.74) is 8.12. The fourth-order valence-electron chi connectivity index (χ4n) is 2.46. The van der Waals surface area contributed by atoms with Crippen LogP contribution in [0.15, 0.2) is 47.5 Å². The number of ether oxygens (including phenoxy) is 3. The van der Waals surface area contributed by atoms with Crippen LogP contribution in [0.3, 0.4) is 0 Å². The van der Waals surface area contributed by atoms with Crippen molar-refractivity contribution in [2.75, 3.05) is 33.9 Å². The van der Waals surface area contributed by atoms with Crippen molar-refractivity contribution in [3.63, 3.8) is 0 Å². The quantitative estimate of drug-likeness (QED) is 0.410. The zero-order valence-corrected chi connectivity index (χ0v) is 15.6. The minimum Gasteiger partial charge on any atom is -0.493 e. The number of aliphatic imine (C=N–C) groups is 1. The minimum atomic E-state index is 0.416. The van der Waals surface area contributed by atoms with Gasteiger partial charge in [-0.15, -0.1) is 0 Å². The molecule has 0 aromatic heterocycles. The number of hydrogen-bond donors (Lipinski definition) is 2. The van der Waals surface area contributed by atoms with Crippen LogP contribution in [0.25, 0.3) is 0 Å². The number of nitrogens with two attached hydrogens (primary N) is 1. The largest absolute Gasteiger partial charge is 0.493 e. The van der Waals surface area contributed by atoms with Crippen LogP contribution in [0.1, 0.15) is 11.1 Å². The monoisotopic (exact) mass is 357 g/mol. The van der Waals surface area contributed by atoms with Crippen molar-refractivity contribution in [1.82, 2.24) is 5.32 Å². The van der Waals surface area contributed by atoms with Gasteiger partial charge in [0.05, 0.1) is 20.8 Å². The molecule has 6 nitrogen and oxygen atoms in total. The molecule has 2 rings (SSSR count). The number of hydrogen-bond acceptors (Lipinski definition) is 4. The Morgan fingerprint density at radius 3 is 2.54 bits per heavy atom. The number of methoxy groups -OCH3 is 2. The molecule has 0 radical (unpaired) electrons. The van der Waals surface area contributed by atoms with Crippen LogP contribution in [-0.2, 0) is 6.42 Å². The standard InChI is InChI=1S/C20H27N3O3/c1-15-6-4-5-7-17(15)26-13-12-23-20(21)22-11-10-16-8-9-18(24-2)19(14-16)25-3/h4-9,14H,10-13H2,1-3H3,(H3,21,22,23). The predicted octanol–water partition coefficient (Wildman–Crippen LogP) is 2.54. The Hall–Kier alpha value is -2.89. The second kappa shape index (κ2) is 10.2. The number of aryl methyl sites for hydroxylation is 1. The average Bonchev–Trinajstić information content (AvgIpc) is 2.66. The summed E-state index contributed by atoms with van der Waals surface area (Å²) in [5, 5.41) is 3.06. The van der Waals surface area contributed by atoms with Gasteiger partial charge in [0.25, 0.3) is 0 Å². The Labute approximate surface area is 155 Å². The zero-order chi connectivity index (χ0) is 18.8. The van der Waals surface area contributed by atoms with E-state index in [1.165, 1.54) is 0 Å². The number of para-hydroxylation sites is 1. The lowest BCUT2D eigenvalue weighted by molar-refractivity contribution is 0.320. The van der Waals surface area contributed by atoms with E-state index in [1.54, 1.807) is 14.2 Å². The lowest BCUT2D eigenvalue weighted by Crippen LogP contribution is -2.35. The fraction of sp³-hybridized carbons (Fsp3) is 0.350. The van der Waals surface area contributed by atoms with E-state index in [2.05, 4.69) is 10.3 Å². The highest BCUT2D eigenvalue weighted by Gasteiger charge is 2.04. The van der Waals surface area contributed by atoms with Gasteiger partial charge >= 0.3 is 0 Å². The Balaban J connectivity index is 1.72. The summed E-state index contributed by atoms with van der Waals surface area (Å²) in [6.07, 6.45) is 0.766. The van der Waals surface area contributed by atoms with E-state index >= 15 is 0 Å². The first kappa shape index (κ1) is 19.4. The van der Waals surface area contributed by atoms with Crippen molar-refractivity contribution in [1.29, 1.82) is 0 Å². The van der Waals surface area contributed by atoms with Gasteiger partial charge in [0.2, 0.25) is 0 Å². The number of nitrogens with zero attached hydrogens (tertiary/aromatic N) is 1. The third-order valence-corrected chi connectivity index (χ3v) is 3.89. The average molecular weight is 357 g/mol. The molecule has 2 aromatic carbocycles. The first-order valence-electron chi connectivity index (χ1n) is 8.57. The molecule has 140 valence electrons. The summed E-state index contributed by atoms with van der Waals surface area (Å²) in [6, 6.07) is 13.8. The van der Waals surface area contributed by atoms with E-state index in [0.717, 1.165) is 29.0 Å². The zero-order valence-electron chi connectivity index (χ0n) is 15.6. The summed E-state index contributed by atoms with van der Waals surface area (Å²) in [4.78, 5) is 4.34.